The summed E-state index contributed by atoms with van der Waals surface area (Å²) in [7, 11) is 0. The minimum Gasteiger partial charge on any atom is -0.465 e. The molecule has 2 aromatic rings. The number of carbonyl (C=O) groups is 1. The number of hydrogen-bond acceptors (Lipinski definition) is 7. The number of anilines is 1. The number of amides is 1. The highest BCUT2D eigenvalue weighted by Crippen LogP contribution is 2.42. The minimum atomic E-state index is -3.12. The molecule has 14 heteroatoms. The number of rotatable bonds is 5. The van der Waals surface area contributed by atoms with Gasteiger partial charge in [0.2, 0.25) is 0 Å². The second-order valence-corrected chi connectivity index (χ2v) is 9.79. The Balaban J connectivity index is 1.95. The third kappa shape index (κ3) is 3.86. The molecule has 32 heavy (non-hydrogen) atoms. The number of hydrogen-bond donors (Lipinski definition) is 2. The van der Waals surface area contributed by atoms with Gasteiger partial charge in [-0.1, -0.05) is 30.3 Å². The Morgan fingerprint density at radius 3 is 2.69 bits per heavy atom. The van der Waals surface area contributed by atoms with Crippen molar-refractivity contribution in [2.45, 2.75) is 55.6 Å². The summed E-state index contributed by atoms with van der Waals surface area (Å²) in [5.41, 5.74) is -0.142. The Kier molecular flexibility index (Phi) is 6.63. The number of aliphatic hydroxyl groups is 1. The maximum atomic E-state index is 14.9. The summed E-state index contributed by atoms with van der Waals surface area (Å²) in [6.07, 6.45) is -5.77. The average molecular weight is 557 g/mol. The molecule has 2 bridgehead atoms. The summed E-state index contributed by atoms with van der Waals surface area (Å²) in [5, 5.41) is 20.0. The summed E-state index contributed by atoms with van der Waals surface area (Å²) in [6, 6.07) is -2.67. The topological polar surface area (TPSA) is 103 Å². The Bertz CT molecular complexity index is 1070. The molecular formula is C18H18BrClF3N5O3S. The average Bonchev–Trinajstić information content (AvgIpc) is 3.05. The fraction of sp³-hybridized carbons (Fsp3) is 0.556. The van der Waals surface area contributed by atoms with Crippen molar-refractivity contribution >= 4 is 62.1 Å². The van der Waals surface area contributed by atoms with Gasteiger partial charge < -0.3 is 15.1 Å². The van der Waals surface area contributed by atoms with Crippen molar-refractivity contribution in [3.05, 3.63) is 15.6 Å². The van der Waals surface area contributed by atoms with Gasteiger partial charge >= 0.3 is 6.09 Å². The third-order valence-electron chi connectivity index (χ3n) is 5.74. The molecular weight excluding hydrogens is 539 g/mol. The predicted molar refractivity (Wildman–Crippen MR) is 116 cm³/mol. The monoisotopic (exact) mass is 555 g/mol. The number of halogens is 5. The standard InChI is InChI=1S/C18H18BrClF3N5O3S/c1-2-32-17-24-10-8(13(19)25-14(20)9(10)21)16(26-17)27-5-6-3-4-7(28(6)18(30)31)11(27)12(29)15(22)23/h6-7,11-12,15,29H,2-5H2,1H3,(H,30,31)/t6-,7+,11+,12+/m1/s1. The Morgan fingerprint density at radius 2 is 2.06 bits per heavy atom. The lowest BCUT2D eigenvalue weighted by atomic mass is 9.97. The molecule has 0 aromatic carbocycles. The molecule has 2 fully saturated rings. The number of carboxylic acid groups (broad SMARTS) is 1. The molecule has 2 aliphatic heterocycles. The number of thioether (sulfide) groups is 1. The van der Waals surface area contributed by atoms with E-state index in [4.69, 9.17) is 11.6 Å². The lowest BCUT2D eigenvalue weighted by Gasteiger charge is -2.48. The molecule has 4 heterocycles. The summed E-state index contributed by atoms with van der Waals surface area (Å²) >= 11 is 10.3. The molecule has 2 N–H and O–H groups in total. The zero-order valence-corrected chi connectivity index (χ0v) is 19.7. The number of alkyl halides is 2. The summed E-state index contributed by atoms with van der Waals surface area (Å²) in [5.74, 6) is -0.231. The largest absolute Gasteiger partial charge is 0.465 e. The number of piperazine rings is 1. The van der Waals surface area contributed by atoms with Gasteiger partial charge in [0.25, 0.3) is 6.43 Å². The number of nitrogens with zero attached hydrogens (tertiary/aromatic N) is 5. The molecule has 0 radical (unpaired) electrons. The summed E-state index contributed by atoms with van der Waals surface area (Å²) in [6.45, 7) is 1.84. The maximum Gasteiger partial charge on any atom is 0.407 e. The first-order valence-corrected chi connectivity index (χ1v) is 11.9. The van der Waals surface area contributed by atoms with Gasteiger partial charge in [0, 0.05) is 6.54 Å². The van der Waals surface area contributed by atoms with E-state index in [-0.39, 0.29) is 33.0 Å². The molecule has 0 aliphatic carbocycles. The van der Waals surface area contributed by atoms with E-state index < -0.39 is 47.7 Å². The molecule has 4 rings (SSSR count). The van der Waals surface area contributed by atoms with Gasteiger partial charge in [-0.2, -0.15) is 0 Å². The van der Waals surface area contributed by atoms with Crippen LogP contribution in [-0.4, -0.2) is 79.1 Å². The van der Waals surface area contributed by atoms with Crippen molar-refractivity contribution in [2.24, 2.45) is 0 Å². The Hall–Kier alpha value is -1.57. The lowest BCUT2D eigenvalue weighted by Crippen LogP contribution is -2.66. The number of fused-ring (bicyclic) bond motifs is 3. The molecule has 0 unspecified atom stereocenters. The van der Waals surface area contributed by atoms with Crippen LogP contribution in [0.25, 0.3) is 10.9 Å². The molecule has 4 atom stereocenters. The first-order chi connectivity index (χ1) is 15.1. The van der Waals surface area contributed by atoms with Gasteiger partial charge in [-0.3, -0.25) is 4.90 Å². The summed E-state index contributed by atoms with van der Waals surface area (Å²) < 4.78 is 42.4. The molecule has 0 spiro atoms. The third-order valence-corrected chi connectivity index (χ3v) is 7.30. The first-order valence-electron chi connectivity index (χ1n) is 9.74. The quantitative estimate of drug-likeness (QED) is 0.324. The van der Waals surface area contributed by atoms with Crippen LogP contribution in [0.2, 0.25) is 5.15 Å². The molecule has 2 aromatic heterocycles. The van der Waals surface area contributed by atoms with Gasteiger partial charge in [-0.05, 0) is 34.5 Å². The number of aliphatic hydroxyl groups excluding tert-OH is 1. The van der Waals surface area contributed by atoms with Crippen molar-refractivity contribution in [3.63, 3.8) is 0 Å². The van der Waals surface area contributed by atoms with Crippen molar-refractivity contribution in [1.82, 2.24) is 19.9 Å². The van der Waals surface area contributed by atoms with Gasteiger partial charge in [-0.25, -0.2) is 32.9 Å². The fourth-order valence-corrected chi connectivity index (χ4v) is 5.92. The van der Waals surface area contributed by atoms with Crippen LogP contribution in [0.5, 0.6) is 0 Å². The fourth-order valence-electron chi connectivity index (χ4n) is 4.54. The molecule has 8 nitrogen and oxygen atoms in total. The summed E-state index contributed by atoms with van der Waals surface area (Å²) in [4.78, 5) is 27.0. The smallest absolute Gasteiger partial charge is 0.407 e. The van der Waals surface area contributed by atoms with Crippen LogP contribution >= 0.6 is 39.3 Å². The van der Waals surface area contributed by atoms with E-state index in [2.05, 4.69) is 30.9 Å². The second-order valence-electron chi connectivity index (χ2n) is 7.45. The molecule has 1 amide bonds. The van der Waals surface area contributed by atoms with E-state index in [9.17, 15) is 28.2 Å². The minimum absolute atomic E-state index is 0.00369. The molecule has 0 saturated carbocycles. The second kappa shape index (κ2) is 8.99. The van der Waals surface area contributed by atoms with Crippen LogP contribution < -0.4 is 4.90 Å². The van der Waals surface area contributed by atoms with Crippen molar-refractivity contribution < 1.29 is 28.2 Å². The maximum absolute atomic E-state index is 14.9. The highest BCUT2D eigenvalue weighted by molar-refractivity contribution is 9.10. The van der Waals surface area contributed by atoms with Crippen LogP contribution in [0.4, 0.5) is 23.8 Å². The normalized spacial score (nSPS) is 23.9. The van der Waals surface area contributed by atoms with Crippen LogP contribution in [0.15, 0.2) is 9.76 Å². The zero-order chi connectivity index (χ0) is 23.3. The highest BCUT2D eigenvalue weighted by Gasteiger charge is 2.53. The van der Waals surface area contributed by atoms with Crippen molar-refractivity contribution in [1.29, 1.82) is 0 Å². The molecule has 174 valence electrons. The zero-order valence-electron chi connectivity index (χ0n) is 16.6. The van der Waals surface area contributed by atoms with Crippen LogP contribution in [0, 0.1) is 5.82 Å². The molecule has 2 saturated heterocycles. The van der Waals surface area contributed by atoms with E-state index in [0.717, 1.165) is 4.90 Å². The number of aromatic nitrogens is 3. The van der Waals surface area contributed by atoms with E-state index in [1.54, 1.807) is 0 Å². The van der Waals surface area contributed by atoms with E-state index >= 15 is 0 Å². The van der Waals surface area contributed by atoms with Crippen LogP contribution in [0.3, 0.4) is 0 Å². The molecule has 2 aliphatic rings. The van der Waals surface area contributed by atoms with Crippen molar-refractivity contribution in [3.8, 4) is 0 Å². The first kappa shape index (κ1) is 23.6. The Labute approximate surface area is 198 Å². The highest BCUT2D eigenvalue weighted by atomic mass is 79.9. The van der Waals surface area contributed by atoms with Crippen molar-refractivity contribution in [2.75, 3.05) is 17.2 Å². The van der Waals surface area contributed by atoms with E-state index in [1.807, 2.05) is 6.92 Å². The van der Waals surface area contributed by atoms with Gasteiger partial charge in [0.1, 0.15) is 22.0 Å². The predicted octanol–water partition coefficient (Wildman–Crippen LogP) is 4.02. The van der Waals surface area contributed by atoms with Gasteiger partial charge in [-0.15, -0.1) is 0 Å². The lowest BCUT2D eigenvalue weighted by molar-refractivity contribution is -0.0414. The van der Waals surface area contributed by atoms with E-state index in [0.29, 0.717) is 18.6 Å². The van der Waals surface area contributed by atoms with Gasteiger partial charge in [0.15, 0.2) is 16.1 Å². The number of pyridine rings is 1. The Morgan fingerprint density at radius 1 is 1.34 bits per heavy atom. The van der Waals surface area contributed by atoms with Crippen LogP contribution in [-0.2, 0) is 0 Å². The van der Waals surface area contributed by atoms with Crippen LogP contribution in [0.1, 0.15) is 19.8 Å². The SMILES string of the molecule is CCSc1nc(N2C[C@H]3CC[C@@H]([C@H]2[C@H](O)C(F)F)N3C(=O)O)c2c(Br)nc(Cl)c(F)c2n1. The van der Waals surface area contributed by atoms with E-state index in [1.165, 1.54) is 16.7 Å². The van der Waals surface area contributed by atoms with Gasteiger partial charge in [0.05, 0.1) is 23.5 Å².